The number of likely N-dealkylation sites (tertiary alicyclic amines) is 1. The minimum absolute atomic E-state index is 0.550. The second-order valence-electron chi connectivity index (χ2n) is 7.72. The Balaban J connectivity index is 1.76. The summed E-state index contributed by atoms with van der Waals surface area (Å²) in [5.74, 6) is 1.56. The van der Waals surface area contributed by atoms with Crippen LogP contribution in [0.4, 0.5) is 11.4 Å². The predicted octanol–water partition coefficient (Wildman–Crippen LogP) is 2.74. The van der Waals surface area contributed by atoms with Crippen LogP contribution in [-0.4, -0.2) is 57.9 Å². The molecule has 8 heteroatoms. The van der Waals surface area contributed by atoms with Gasteiger partial charge in [0.25, 0.3) is 0 Å². The maximum absolute atomic E-state index is 11.7. The van der Waals surface area contributed by atoms with Gasteiger partial charge in [-0.25, -0.2) is 8.42 Å². The number of sulfonamides is 1. The number of thiocarbonyl (C=S) groups is 1. The fraction of sp³-hybridized carbons (Fsp3) is 0.632. The van der Waals surface area contributed by atoms with E-state index >= 15 is 0 Å². The van der Waals surface area contributed by atoms with Crippen molar-refractivity contribution in [2.45, 2.75) is 26.7 Å². The number of benzene rings is 1. The molecule has 1 heterocycles. The second kappa shape index (κ2) is 9.71. The smallest absolute Gasteiger partial charge is 0.231 e. The van der Waals surface area contributed by atoms with Crippen LogP contribution in [-0.2, 0) is 10.0 Å². The van der Waals surface area contributed by atoms with Gasteiger partial charge in [-0.2, -0.15) is 0 Å². The summed E-state index contributed by atoms with van der Waals surface area (Å²) in [5, 5.41) is 6.91. The van der Waals surface area contributed by atoms with Gasteiger partial charge in [-0.15, -0.1) is 0 Å². The standard InChI is InChI=1S/C19H32N4O2S2/c1-15-11-16(2)14-23(13-15)10-6-9-20-19(26)21-17-7-5-8-18(12-17)22(3)27(4,24)25/h5,7-8,12,15-16H,6,9-11,13-14H2,1-4H3,(H2,20,21,26)/t15-,16-/m1/s1. The van der Waals surface area contributed by atoms with E-state index in [1.54, 1.807) is 18.2 Å². The number of piperidine rings is 1. The van der Waals surface area contributed by atoms with Gasteiger partial charge in [0.2, 0.25) is 10.0 Å². The molecule has 0 aromatic heterocycles. The van der Waals surface area contributed by atoms with E-state index in [-0.39, 0.29) is 0 Å². The second-order valence-corrected chi connectivity index (χ2v) is 10.1. The Morgan fingerprint density at radius 2 is 1.96 bits per heavy atom. The number of hydrogen-bond donors (Lipinski definition) is 2. The minimum Gasteiger partial charge on any atom is -0.362 e. The lowest BCUT2D eigenvalue weighted by molar-refractivity contribution is 0.140. The molecule has 0 spiro atoms. The van der Waals surface area contributed by atoms with Gasteiger partial charge in [-0.3, -0.25) is 4.31 Å². The van der Waals surface area contributed by atoms with E-state index in [4.69, 9.17) is 12.2 Å². The molecule has 2 atom stereocenters. The summed E-state index contributed by atoms with van der Waals surface area (Å²) in [5.41, 5.74) is 1.36. The van der Waals surface area contributed by atoms with Gasteiger partial charge in [0.1, 0.15) is 0 Å². The monoisotopic (exact) mass is 412 g/mol. The van der Waals surface area contributed by atoms with E-state index in [2.05, 4.69) is 29.4 Å². The maximum Gasteiger partial charge on any atom is 0.231 e. The molecule has 0 saturated carbocycles. The molecule has 1 aliphatic rings. The normalized spacial score (nSPS) is 20.9. The van der Waals surface area contributed by atoms with Gasteiger partial charge in [-0.05, 0) is 61.6 Å². The zero-order chi connectivity index (χ0) is 20.0. The average molecular weight is 413 g/mol. The van der Waals surface area contributed by atoms with Gasteiger partial charge in [-0.1, -0.05) is 19.9 Å². The fourth-order valence-corrected chi connectivity index (χ4v) is 4.34. The highest BCUT2D eigenvalue weighted by Crippen LogP contribution is 2.21. The molecule has 0 bridgehead atoms. The van der Waals surface area contributed by atoms with Crippen molar-refractivity contribution in [3.8, 4) is 0 Å². The quantitative estimate of drug-likeness (QED) is 0.530. The SMILES string of the molecule is C[C@@H]1C[C@@H](C)CN(CCCNC(=S)Nc2cccc(N(C)S(C)(=O)=O)c2)C1. The maximum atomic E-state index is 11.7. The van der Waals surface area contributed by atoms with E-state index in [1.165, 1.54) is 37.1 Å². The summed E-state index contributed by atoms with van der Waals surface area (Å²) in [4.78, 5) is 2.54. The van der Waals surface area contributed by atoms with Crippen LogP contribution < -0.4 is 14.9 Å². The third-order valence-corrected chi connectivity index (χ3v) is 6.30. The summed E-state index contributed by atoms with van der Waals surface area (Å²) >= 11 is 5.36. The number of anilines is 2. The molecule has 2 N–H and O–H groups in total. The van der Waals surface area contributed by atoms with Crippen LogP contribution in [0, 0.1) is 11.8 Å². The Bertz CT molecular complexity index is 729. The summed E-state index contributed by atoms with van der Waals surface area (Å²) < 4.78 is 24.6. The molecule has 0 radical (unpaired) electrons. The van der Waals surface area contributed by atoms with Crippen LogP contribution in [0.25, 0.3) is 0 Å². The fourth-order valence-electron chi connectivity index (χ4n) is 3.63. The van der Waals surface area contributed by atoms with Crippen LogP contribution in [0.3, 0.4) is 0 Å². The molecule has 0 amide bonds. The van der Waals surface area contributed by atoms with E-state index in [1.807, 2.05) is 6.07 Å². The Labute approximate surface area is 169 Å². The highest BCUT2D eigenvalue weighted by molar-refractivity contribution is 7.92. The first kappa shape index (κ1) is 21.9. The van der Waals surface area contributed by atoms with Crippen LogP contribution in [0.2, 0.25) is 0 Å². The van der Waals surface area contributed by atoms with Gasteiger partial charge in [0, 0.05) is 32.4 Å². The van der Waals surface area contributed by atoms with Crippen molar-refractivity contribution >= 4 is 38.7 Å². The number of nitrogens with one attached hydrogen (secondary N) is 2. The topological polar surface area (TPSA) is 64.7 Å². The molecular weight excluding hydrogens is 380 g/mol. The van der Waals surface area contributed by atoms with Crippen LogP contribution in [0.5, 0.6) is 0 Å². The Morgan fingerprint density at radius 1 is 1.30 bits per heavy atom. The lowest BCUT2D eigenvalue weighted by Crippen LogP contribution is -2.40. The van der Waals surface area contributed by atoms with Crippen molar-refractivity contribution in [1.29, 1.82) is 0 Å². The number of rotatable bonds is 7. The Hall–Kier alpha value is -1.38. The predicted molar refractivity (Wildman–Crippen MR) is 118 cm³/mol. The van der Waals surface area contributed by atoms with Crippen LogP contribution in [0.15, 0.2) is 24.3 Å². The largest absolute Gasteiger partial charge is 0.362 e. The average Bonchev–Trinajstić information content (AvgIpc) is 2.56. The third kappa shape index (κ3) is 7.27. The van der Waals surface area contributed by atoms with Crippen LogP contribution >= 0.6 is 12.2 Å². The molecule has 152 valence electrons. The molecule has 1 aromatic carbocycles. The first-order valence-corrected chi connectivity index (χ1v) is 11.7. The molecule has 2 rings (SSSR count). The minimum atomic E-state index is -3.28. The first-order chi connectivity index (χ1) is 12.6. The van der Waals surface area contributed by atoms with E-state index in [0.29, 0.717) is 10.8 Å². The molecule has 1 fully saturated rings. The van der Waals surface area contributed by atoms with Gasteiger partial charge in [0.15, 0.2) is 5.11 Å². The molecule has 1 aliphatic heterocycles. The first-order valence-electron chi connectivity index (χ1n) is 9.46. The number of hydrogen-bond acceptors (Lipinski definition) is 4. The highest BCUT2D eigenvalue weighted by Gasteiger charge is 2.21. The third-order valence-electron chi connectivity index (χ3n) is 4.85. The van der Waals surface area contributed by atoms with Crippen molar-refractivity contribution < 1.29 is 8.42 Å². The molecule has 0 aliphatic carbocycles. The lowest BCUT2D eigenvalue weighted by atomic mass is 9.92. The summed E-state index contributed by atoms with van der Waals surface area (Å²) in [6, 6.07) is 7.19. The van der Waals surface area contributed by atoms with Gasteiger partial charge >= 0.3 is 0 Å². The molecule has 27 heavy (non-hydrogen) atoms. The van der Waals surface area contributed by atoms with E-state index in [0.717, 1.165) is 37.0 Å². The van der Waals surface area contributed by atoms with Crippen LogP contribution in [0.1, 0.15) is 26.7 Å². The Morgan fingerprint density at radius 3 is 2.59 bits per heavy atom. The van der Waals surface area contributed by atoms with Gasteiger partial charge in [0.05, 0.1) is 11.9 Å². The Kier molecular flexibility index (Phi) is 7.88. The lowest BCUT2D eigenvalue weighted by Gasteiger charge is -2.35. The zero-order valence-corrected chi connectivity index (χ0v) is 18.4. The van der Waals surface area contributed by atoms with E-state index in [9.17, 15) is 8.42 Å². The van der Waals surface area contributed by atoms with Crippen molar-refractivity contribution in [3.63, 3.8) is 0 Å². The zero-order valence-electron chi connectivity index (χ0n) is 16.7. The van der Waals surface area contributed by atoms with Crippen molar-refractivity contribution in [2.75, 3.05) is 49.1 Å². The van der Waals surface area contributed by atoms with E-state index < -0.39 is 10.0 Å². The van der Waals surface area contributed by atoms with Gasteiger partial charge < -0.3 is 15.5 Å². The molecule has 1 saturated heterocycles. The molecule has 6 nitrogen and oxygen atoms in total. The highest BCUT2D eigenvalue weighted by atomic mass is 32.2. The molecular formula is C19H32N4O2S2. The van der Waals surface area contributed by atoms with Crippen molar-refractivity contribution in [1.82, 2.24) is 10.2 Å². The van der Waals surface area contributed by atoms with Crippen molar-refractivity contribution in [3.05, 3.63) is 24.3 Å². The molecule has 0 unspecified atom stereocenters. The summed E-state index contributed by atoms with van der Waals surface area (Å²) in [7, 11) is -1.75. The summed E-state index contributed by atoms with van der Waals surface area (Å²) in [6.07, 6.45) is 3.55. The summed E-state index contributed by atoms with van der Waals surface area (Å²) in [6.45, 7) is 8.93. The number of nitrogens with zero attached hydrogens (tertiary/aromatic N) is 2. The molecule has 1 aromatic rings. The van der Waals surface area contributed by atoms with Crippen molar-refractivity contribution in [2.24, 2.45) is 11.8 Å².